The fraction of sp³-hybridized carbons (Fsp3) is 0.118. The lowest BCUT2D eigenvalue weighted by Crippen LogP contribution is -2.29. The van der Waals surface area contributed by atoms with Crippen LogP contribution < -0.4 is 9.47 Å². The molecule has 0 saturated carbocycles. The molecule has 1 aromatic heterocycles. The number of hydrogen-bond donors (Lipinski definition) is 0. The van der Waals surface area contributed by atoms with Gasteiger partial charge in [-0.1, -0.05) is 72.8 Å². The van der Waals surface area contributed by atoms with Gasteiger partial charge in [0.15, 0.2) is 11.5 Å². The summed E-state index contributed by atoms with van der Waals surface area (Å²) >= 11 is 0. The highest BCUT2D eigenvalue weighted by molar-refractivity contribution is 6.27. The molecule has 0 atom stereocenters. The predicted octanol–water partition coefficient (Wildman–Crippen LogP) is 5.89. The molecule has 0 aliphatic carbocycles. The SMILES string of the molecule is COCC(=O)Oc1c2c(c(OC(c3ccccc3)c3ccccc3)c3ncccc13)C(=O)N(Cc1ccc(F)cc1)C2=O. The third kappa shape index (κ3) is 5.33. The second-order valence-corrected chi connectivity index (χ2v) is 9.86. The molecule has 0 bridgehead atoms. The topological polar surface area (TPSA) is 95.0 Å². The number of fused-ring (bicyclic) bond motifs is 2. The number of amides is 2. The minimum atomic E-state index is -0.757. The normalized spacial score (nSPS) is 12.6. The summed E-state index contributed by atoms with van der Waals surface area (Å²) in [7, 11) is 1.34. The van der Waals surface area contributed by atoms with Gasteiger partial charge < -0.3 is 14.2 Å². The van der Waals surface area contributed by atoms with E-state index in [1.54, 1.807) is 12.1 Å². The van der Waals surface area contributed by atoms with Gasteiger partial charge in [0, 0.05) is 18.7 Å². The average molecular weight is 577 g/mol. The van der Waals surface area contributed by atoms with Crippen molar-refractivity contribution in [1.29, 1.82) is 0 Å². The third-order valence-corrected chi connectivity index (χ3v) is 7.06. The molecule has 2 amide bonds. The second-order valence-electron chi connectivity index (χ2n) is 9.86. The van der Waals surface area contributed by atoms with Gasteiger partial charge in [0.25, 0.3) is 11.8 Å². The number of nitrogens with zero attached hydrogens (tertiary/aromatic N) is 2. The van der Waals surface area contributed by atoms with Crippen LogP contribution in [-0.4, -0.2) is 41.4 Å². The van der Waals surface area contributed by atoms with Crippen LogP contribution in [0.3, 0.4) is 0 Å². The number of aromatic nitrogens is 1. The highest BCUT2D eigenvalue weighted by Gasteiger charge is 2.44. The smallest absolute Gasteiger partial charge is 0.337 e. The Morgan fingerprint density at radius 2 is 1.42 bits per heavy atom. The summed E-state index contributed by atoms with van der Waals surface area (Å²) in [5.41, 5.74) is 2.19. The molecule has 8 nitrogen and oxygen atoms in total. The Morgan fingerprint density at radius 1 is 0.814 bits per heavy atom. The van der Waals surface area contributed by atoms with E-state index in [9.17, 15) is 18.8 Å². The predicted molar refractivity (Wildman–Crippen MR) is 155 cm³/mol. The first-order valence-electron chi connectivity index (χ1n) is 13.5. The maximum atomic E-state index is 14.1. The zero-order chi connectivity index (χ0) is 29.9. The van der Waals surface area contributed by atoms with E-state index < -0.39 is 29.7 Å². The van der Waals surface area contributed by atoms with E-state index in [1.807, 2.05) is 60.7 Å². The number of pyridine rings is 1. The average Bonchev–Trinajstić information content (AvgIpc) is 3.27. The van der Waals surface area contributed by atoms with Gasteiger partial charge in [0.05, 0.1) is 6.54 Å². The van der Waals surface area contributed by atoms with E-state index in [0.29, 0.717) is 10.9 Å². The van der Waals surface area contributed by atoms with Crippen molar-refractivity contribution in [3.63, 3.8) is 0 Å². The number of hydrogen-bond acceptors (Lipinski definition) is 7. The number of esters is 1. The van der Waals surface area contributed by atoms with Crippen molar-refractivity contribution in [3.05, 3.63) is 137 Å². The standard InChI is InChI=1S/C34H25FN2O6/c1-41-20-26(38)42-31-25-13-8-18-36-29(25)32(43-30(22-9-4-2-5-10-22)23-11-6-3-7-12-23)28-27(31)33(39)37(34(28)40)19-21-14-16-24(35)17-15-21/h2-18,30H,19-20H2,1H3. The fourth-order valence-electron chi connectivity index (χ4n) is 5.12. The highest BCUT2D eigenvalue weighted by Crippen LogP contribution is 2.46. The molecule has 1 aliphatic heterocycles. The summed E-state index contributed by atoms with van der Waals surface area (Å²) in [4.78, 5) is 46.3. The Balaban J connectivity index is 1.56. The number of halogens is 1. The summed E-state index contributed by atoms with van der Waals surface area (Å²) in [6, 6.07) is 27.7. The lowest BCUT2D eigenvalue weighted by Gasteiger charge is -2.23. The Morgan fingerprint density at radius 3 is 2.02 bits per heavy atom. The number of imide groups is 1. The number of rotatable bonds is 9. The summed E-state index contributed by atoms with van der Waals surface area (Å²) < 4.78 is 30.9. The van der Waals surface area contributed by atoms with Crippen LogP contribution in [0.15, 0.2) is 103 Å². The Hall–Kier alpha value is -5.41. The number of carbonyl (C=O) groups excluding carboxylic acids is 3. The van der Waals surface area contributed by atoms with Crippen molar-refractivity contribution in [1.82, 2.24) is 9.88 Å². The summed E-state index contributed by atoms with van der Waals surface area (Å²) in [6.07, 6.45) is 0.854. The van der Waals surface area contributed by atoms with Crippen LogP contribution in [-0.2, 0) is 16.1 Å². The van der Waals surface area contributed by atoms with Crippen molar-refractivity contribution in [2.45, 2.75) is 12.6 Å². The Kier molecular flexibility index (Phi) is 7.63. The zero-order valence-electron chi connectivity index (χ0n) is 23.0. The van der Waals surface area contributed by atoms with Crippen LogP contribution in [0.25, 0.3) is 10.9 Å². The Bertz CT molecular complexity index is 1790. The lowest BCUT2D eigenvalue weighted by atomic mass is 9.99. The molecule has 6 rings (SSSR count). The van der Waals surface area contributed by atoms with E-state index in [0.717, 1.165) is 16.0 Å². The second kappa shape index (κ2) is 11.8. The van der Waals surface area contributed by atoms with Crippen molar-refractivity contribution < 1.29 is 33.0 Å². The maximum absolute atomic E-state index is 14.1. The van der Waals surface area contributed by atoms with Crippen LogP contribution in [0.1, 0.15) is 43.5 Å². The molecule has 4 aromatic carbocycles. The monoisotopic (exact) mass is 576 g/mol. The third-order valence-electron chi connectivity index (χ3n) is 7.06. The van der Waals surface area contributed by atoms with Gasteiger partial charge in [-0.05, 0) is 41.0 Å². The van der Waals surface area contributed by atoms with Crippen LogP contribution in [0.4, 0.5) is 4.39 Å². The fourth-order valence-corrected chi connectivity index (χ4v) is 5.12. The molecule has 0 radical (unpaired) electrons. The summed E-state index contributed by atoms with van der Waals surface area (Å²) in [5, 5.41) is 0.311. The maximum Gasteiger partial charge on any atom is 0.337 e. The van der Waals surface area contributed by atoms with Crippen molar-refractivity contribution in [2.75, 3.05) is 13.7 Å². The van der Waals surface area contributed by atoms with Gasteiger partial charge in [0.1, 0.15) is 35.2 Å². The van der Waals surface area contributed by atoms with Crippen LogP contribution >= 0.6 is 0 Å². The lowest BCUT2D eigenvalue weighted by molar-refractivity contribution is -0.138. The van der Waals surface area contributed by atoms with Crippen molar-refractivity contribution >= 4 is 28.7 Å². The molecule has 1 aliphatic rings. The molecule has 43 heavy (non-hydrogen) atoms. The minimum Gasteiger partial charge on any atom is -0.478 e. The molecule has 0 saturated heterocycles. The molecule has 0 spiro atoms. The van der Waals surface area contributed by atoms with Crippen LogP contribution in [0.5, 0.6) is 11.5 Å². The first kappa shape index (κ1) is 27.7. The van der Waals surface area contributed by atoms with Crippen LogP contribution in [0, 0.1) is 5.82 Å². The van der Waals surface area contributed by atoms with Crippen molar-refractivity contribution in [2.24, 2.45) is 0 Å². The molecular formula is C34H25FN2O6. The van der Waals surface area contributed by atoms with Gasteiger partial charge in [0.2, 0.25) is 0 Å². The molecule has 2 heterocycles. The van der Waals surface area contributed by atoms with Gasteiger partial charge in [-0.3, -0.25) is 19.5 Å². The number of benzene rings is 4. The largest absolute Gasteiger partial charge is 0.478 e. The van der Waals surface area contributed by atoms with Crippen LogP contribution in [0.2, 0.25) is 0 Å². The number of ether oxygens (including phenoxy) is 3. The first-order chi connectivity index (χ1) is 21.0. The molecular weight excluding hydrogens is 551 g/mol. The first-order valence-corrected chi connectivity index (χ1v) is 13.5. The summed E-state index contributed by atoms with van der Waals surface area (Å²) in [6.45, 7) is -0.512. The van der Waals surface area contributed by atoms with Crippen molar-refractivity contribution in [3.8, 4) is 11.5 Å². The molecule has 0 N–H and O–H groups in total. The van der Waals surface area contributed by atoms with Gasteiger partial charge in [-0.25, -0.2) is 9.18 Å². The van der Waals surface area contributed by atoms with E-state index in [2.05, 4.69) is 4.98 Å². The van der Waals surface area contributed by atoms with Gasteiger partial charge in [-0.15, -0.1) is 0 Å². The molecule has 0 unspecified atom stereocenters. The molecule has 0 fully saturated rings. The molecule has 9 heteroatoms. The Labute approximate surface area is 246 Å². The minimum absolute atomic E-state index is 0.0737. The van der Waals surface area contributed by atoms with E-state index in [1.165, 1.54) is 37.6 Å². The summed E-state index contributed by atoms with van der Waals surface area (Å²) in [5.74, 6) is -2.57. The highest BCUT2D eigenvalue weighted by atomic mass is 19.1. The van der Waals surface area contributed by atoms with E-state index >= 15 is 0 Å². The van der Waals surface area contributed by atoms with Gasteiger partial charge >= 0.3 is 5.97 Å². The molecule has 214 valence electrons. The quantitative estimate of drug-likeness (QED) is 0.123. The zero-order valence-corrected chi connectivity index (χ0v) is 23.0. The van der Waals surface area contributed by atoms with Gasteiger partial charge in [-0.2, -0.15) is 0 Å². The molecule has 5 aromatic rings. The number of carbonyl (C=O) groups is 3. The van der Waals surface area contributed by atoms with E-state index in [-0.39, 0.29) is 41.3 Å². The van der Waals surface area contributed by atoms with E-state index in [4.69, 9.17) is 14.2 Å². The number of methoxy groups -OCH3 is 1.